The van der Waals surface area contributed by atoms with Crippen LogP contribution in [0.25, 0.3) is 0 Å². The third-order valence-corrected chi connectivity index (χ3v) is 5.09. The van der Waals surface area contributed by atoms with Crippen molar-refractivity contribution < 1.29 is 19.6 Å². The molecule has 1 aliphatic carbocycles. The molecule has 3 rings (SSSR count). The molecule has 1 saturated carbocycles. The minimum Gasteiger partial charge on any atom is -0.350 e. The summed E-state index contributed by atoms with van der Waals surface area (Å²) in [6.45, 7) is 1.69. The number of carbonyl (C=O) groups is 3. The average Bonchev–Trinajstić information content (AvgIpc) is 3.69. The van der Waals surface area contributed by atoms with Crippen molar-refractivity contribution in [2.45, 2.75) is 37.9 Å². The van der Waals surface area contributed by atoms with Gasteiger partial charge in [-0.1, -0.05) is 30.0 Å². The van der Waals surface area contributed by atoms with E-state index in [1.807, 2.05) is 30.3 Å². The maximum Gasteiger partial charge on any atom is 0.268 e. The van der Waals surface area contributed by atoms with Crippen LogP contribution in [0.5, 0.6) is 0 Å². The molecule has 0 saturated heterocycles. The first-order chi connectivity index (χ1) is 16.5. The second kappa shape index (κ2) is 12.2. The molecule has 0 unspecified atom stereocenters. The Morgan fingerprint density at radius 3 is 2.15 bits per heavy atom. The Balaban J connectivity index is 1.58. The fourth-order valence-corrected chi connectivity index (χ4v) is 3.06. The van der Waals surface area contributed by atoms with Crippen LogP contribution >= 0.6 is 0 Å². The highest BCUT2D eigenvalue weighted by atomic mass is 16.5. The van der Waals surface area contributed by atoms with Gasteiger partial charge in [-0.3, -0.25) is 19.6 Å². The molecule has 1 aliphatic rings. The van der Waals surface area contributed by atoms with Crippen molar-refractivity contribution in [3.05, 3.63) is 71.3 Å². The van der Waals surface area contributed by atoms with Crippen molar-refractivity contribution in [1.82, 2.24) is 21.4 Å². The zero-order chi connectivity index (χ0) is 24.3. The molecule has 5 N–H and O–H groups in total. The van der Waals surface area contributed by atoms with Crippen molar-refractivity contribution in [3.8, 4) is 23.7 Å². The van der Waals surface area contributed by atoms with Gasteiger partial charge in [0.2, 0.25) is 5.91 Å². The summed E-state index contributed by atoms with van der Waals surface area (Å²) in [5, 5.41) is 17.4. The quantitative estimate of drug-likeness (QED) is 0.229. The van der Waals surface area contributed by atoms with Gasteiger partial charge in [-0.05, 0) is 68.0 Å². The Labute approximate surface area is 198 Å². The van der Waals surface area contributed by atoms with Gasteiger partial charge in [0.05, 0.1) is 12.6 Å². The van der Waals surface area contributed by atoms with E-state index in [0.717, 1.165) is 18.4 Å². The summed E-state index contributed by atoms with van der Waals surface area (Å²) >= 11 is 0. The molecule has 0 aromatic heterocycles. The van der Waals surface area contributed by atoms with Crippen molar-refractivity contribution in [3.63, 3.8) is 0 Å². The van der Waals surface area contributed by atoms with E-state index in [2.05, 4.69) is 39.6 Å². The SMILES string of the molecule is C[C@@H](NC(=O)CNC1CC1)[C@H](NC(=O)c1ccc(C#CC#Cc2ccccc2)cc1)C(=O)NO. The first-order valence-corrected chi connectivity index (χ1v) is 10.9. The number of benzene rings is 2. The van der Waals surface area contributed by atoms with Gasteiger partial charge in [0.1, 0.15) is 6.04 Å². The van der Waals surface area contributed by atoms with Crippen LogP contribution in [0.15, 0.2) is 54.6 Å². The molecule has 34 heavy (non-hydrogen) atoms. The molecule has 2 aromatic rings. The third-order valence-electron chi connectivity index (χ3n) is 5.09. The molecule has 174 valence electrons. The van der Waals surface area contributed by atoms with Gasteiger partial charge >= 0.3 is 0 Å². The highest BCUT2D eigenvalue weighted by Gasteiger charge is 2.29. The number of hydroxylamine groups is 1. The lowest BCUT2D eigenvalue weighted by molar-refractivity contribution is -0.132. The molecular weight excluding hydrogens is 432 g/mol. The van der Waals surface area contributed by atoms with Gasteiger partial charge in [0.25, 0.3) is 11.8 Å². The van der Waals surface area contributed by atoms with E-state index in [4.69, 9.17) is 5.21 Å². The van der Waals surface area contributed by atoms with Crippen LogP contribution in [0.1, 0.15) is 41.3 Å². The third kappa shape index (κ3) is 7.79. The van der Waals surface area contributed by atoms with Crippen molar-refractivity contribution in [1.29, 1.82) is 0 Å². The Morgan fingerprint density at radius 2 is 1.56 bits per heavy atom. The number of rotatable bonds is 8. The van der Waals surface area contributed by atoms with Crippen LogP contribution in [0, 0.1) is 23.7 Å². The fraction of sp³-hybridized carbons (Fsp3) is 0.269. The highest BCUT2D eigenvalue weighted by Crippen LogP contribution is 2.17. The van der Waals surface area contributed by atoms with Crippen LogP contribution in [-0.4, -0.2) is 47.6 Å². The predicted octanol–water partition coefficient (Wildman–Crippen LogP) is 0.950. The van der Waals surface area contributed by atoms with E-state index >= 15 is 0 Å². The van der Waals surface area contributed by atoms with Crippen LogP contribution in [0.3, 0.4) is 0 Å². The summed E-state index contributed by atoms with van der Waals surface area (Å²) in [5.41, 5.74) is 3.37. The standard InChI is InChI=1S/C26H26N4O4/c1-18(28-23(31)17-27-22-15-16-22)24(26(33)30-34)29-25(32)21-13-11-20(12-14-21)10-6-5-9-19-7-3-2-4-8-19/h2-4,7-8,11-14,18,22,24,27,34H,15-17H2,1H3,(H,28,31)(H,29,32)(H,30,33)/t18-,24+/m1/s1. The second-order valence-electron chi connectivity index (χ2n) is 7.88. The summed E-state index contributed by atoms with van der Waals surface area (Å²) in [5.74, 6) is 9.73. The maximum atomic E-state index is 12.7. The maximum absolute atomic E-state index is 12.7. The molecule has 2 atom stereocenters. The molecule has 0 aliphatic heterocycles. The normalized spacial score (nSPS) is 13.7. The number of carbonyl (C=O) groups excluding carboxylic acids is 3. The van der Waals surface area contributed by atoms with Crippen LogP contribution < -0.4 is 21.4 Å². The predicted molar refractivity (Wildman–Crippen MR) is 126 cm³/mol. The van der Waals surface area contributed by atoms with Gasteiger partial charge < -0.3 is 16.0 Å². The van der Waals surface area contributed by atoms with E-state index in [-0.39, 0.29) is 12.5 Å². The Bertz CT molecular complexity index is 1140. The van der Waals surface area contributed by atoms with E-state index in [1.54, 1.807) is 31.2 Å². The smallest absolute Gasteiger partial charge is 0.268 e. The number of hydrogen-bond donors (Lipinski definition) is 5. The average molecular weight is 459 g/mol. The lowest BCUT2D eigenvalue weighted by Gasteiger charge is -2.24. The molecule has 0 heterocycles. The van der Waals surface area contributed by atoms with Crippen LogP contribution in [-0.2, 0) is 9.59 Å². The van der Waals surface area contributed by atoms with E-state index in [0.29, 0.717) is 17.2 Å². The van der Waals surface area contributed by atoms with Crippen LogP contribution in [0.2, 0.25) is 0 Å². The largest absolute Gasteiger partial charge is 0.350 e. The number of hydrogen-bond acceptors (Lipinski definition) is 5. The fourth-order valence-electron chi connectivity index (χ4n) is 3.06. The highest BCUT2D eigenvalue weighted by molar-refractivity contribution is 5.98. The van der Waals surface area contributed by atoms with Crippen molar-refractivity contribution >= 4 is 17.7 Å². The van der Waals surface area contributed by atoms with Crippen molar-refractivity contribution in [2.24, 2.45) is 0 Å². The van der Waals surface area contributed by atoms with Gasteiger partial charge in [-0.2, -0.15) is 0 Å². The minimum absolute atomic E-state index is 0.120. The Morgan fingerprint density at radius 1 is 0.941 bits per heavy atom. The molecule has 2 aromatic carbocycles. The molecule has 0 radical (unpaired) electrons. The van der Waals surface area contributed by atoms with Gasteiger partial charge in [0.15, 0.2) is 0 Å². The van der Waals surface area contributed by atoms with E-state index < -0.39 is 23.9 Å². The zero-order valence-corrected chi connectivity index (χ0v) is 18.7. The van der Waals surface area contributed by atoms with Gasteiger partial charge in [-0.15, -0.1) is 0 Å². The number of nitrogens with one attached hydrogen (secondary N) is 4. The summed E-state index contributed by atoms with van der Waals surface area (Å²) < 4.78 is 0. The molecule has 0 bridgehead atoms. The first-order valence-electron chi connectivity index (χ1n) is 10.9. The minimum atomic E-state index is -1.17. The zero-order valence-electron chi connectivity index (χ0n) is 18.7. The lowest BCUT2D eigenvalue weighted by Crippen LogP contribution is -2.58. The van der Waals surface area contributed by atoms with Gasteiger partial charge in [-0.25, -0.2) is 5.48 Å². The topological polar surface area (TPSA) is 120 Å². The summed E-state index contributed by atoms with van der Waals surface area (Å²) in [6, 6.07) is 14.4. The lowest BCUT2D eigenvalue weighted by atomic mass is 10.1. The molecule has 8 nitrogen and oxygen atoms in total. The van der Waals surface area contributed by atoms with Gasteiger partial charge in [0, 0.05) is 22.7 Å². The molecule has 1 fully saturated rings. The van der Waals surface area contributed by atoms with E-state index in [1.165, 1.54) is 5.48 Å². The number of amides is 3. The monoisotopic (exact) mass is 458 g/mol. The Kier molecular flexibility index (Phi) is 8.81. The molecular formula is C26H26N4O4. The summed E-state index contributed by atoms with van der Waals surface area (Å²) in [6.07, 6.45) is 2.08. The summed E-state index contributed by atoms with van der Waals surface area (Å²) in [4.78, 5) is 36.8. The summed E-state index contributed by atoms with van der Waals surface area (Å²) in [7, 11) is 0. The second-order valence-corrected chi connectivity index (χ2v) is 7.88. The van der Waals surface area contributed by atoms with Crippen LogP contribution in [0.4, 0.5) is 0 Å². The molecule has 0 spiro atoms. The van der Waals surface area contributed by atoms with Crippen molar-refractivity contribution in [2.75, 3.05) is 6.54 Å². The van der Waals surface area contributed by atoms with E-state index in [9.17, 15) is 14.4 Å². The Hall–Kier alpha value is -4.11. The molecule has 8 heteroatoms. The molecule has 3 amide bonds. The first kappa shape index (κ1) is 24.5.